The SMILES string of the molecule is Cc1cccc(Oc2cc(CC3C=C(N(C)CCOC(N)=O)C(=O)NP3)ccc2C)c1. The van der Waals surface area contributed by atoms with Gasteiger partial charge >= 0.3 is 6.09 Å². The zero-order chi connectivity index (χ0) is 22.4. The van der Waals surface area contributed by atoms with Crippen molar-refractivity contribution in [1.29, 1.82) is 0 Å². The summed E-state index contributed by atoms with van der Waals surface area (Å²) in [5.41, 5.74) is 9.07. The van der Waals surface area contributed by atoms with Crippen molar-refractivity contribution in [3.63, 3.8) is 0 Å². The number of carbonyl (C=O) groups is 2. The molecular formula is C23H28N3O4P. The van der Waals surface area contributed by atoms with E-state index in [0.717, 1.165) is 34.6 Å². The first-order valence-electron chi connectivity index (χ1n) is 10.1. The summed E-state index contributed by atoms with van der Waals surface area (Å²) in [7, 11) is 2.09. The molecule has 7 nitrogen and oxygen atoms in total. The number of amides is 2. The van der Waals surface area contributed by atoms with Crippen LogP contribution in [0.4, 0.5) is 4.79 Å². The highest BCUT2D eigenvalue weighted by Gasteiger charge is 2.23. The lowest BCUT2D eigenvalue weighted by Gasteiger charge is -2.28. The molecule has 164 valence electrons. The molecule has 0 aliphatic carbocycles. The number of primary amides is 1. The van der Waals surface area contributed by atoms with Gasteiger partial charge in [-0.05, 0) is 70.0 Å². The molecular weight excluding hydrogens is 413 g/mol. The van der Waals surface area contributed by atoms with E-state index in [2.05, 4.69) is 23.3 Å². The van der Waals surface area contributed by atoms with Crippen molar-refractivity contribution in [2.24, 2.45) is 5.73 Å². The molecule has 0 fully saturated rings. The van der Waals surface area contributed by atoms with Gasteiger partial charge in [0.15, 0.2) is 0 Å². The van der Waals surface area contributed by atoms with Crippen molar-refractivity contribution < 1.29 is 19.1 Å². The lowest BCUT2D eigenvalue weighted by atomic mass is 10.1. The monoisotopic (exact) mass is 441 g/mol. The van der Waals surface area contributed by atoms with E-state index < -0.39 is 6.09 Å². The maximum atomic E-state index is 12.3. The van der Waals surface area contributed by atoms with Crippen molar-refractivity contribution >= 4 is 20.7 Å². The van der Waals surface area contributed by atoms with Crippen molar-refractivity contribution in [3.05, 3.63) is 70.9 Å². The number of nitrogens with two attached hydrogens (primary N) is 1. The molecule has 31 heavy (non-hydrogen) atoms. The number of nitrogens with one attached hydrogen (secondary N) is 1. The molecule has 1 heterocycles. The zero-order valence-corrected chi connectivity index (χ0v) is 19.0. The minimum Gasteiger partial charge on any atom is -0.457 e. The van der Waals surface area contributed by atoms with Crippen LogP contribution in [0.1, 0.15) is 16.7 Å². The minimum absolute atomic E-state index is 0.122. The van der Waals surface area contributed by atoms with Gasteiger partial charge in [-0.1, -0.05) is 24.3 Å². The first-order chi connectivity index (χ1) is 14.8. The summed E-state index contributed by atoms with van der Waals surface area (Å²) >= 11 is 0. The Morgan fingerprint density at radius 2 is 2.03 bits per heavy atom. The average molecular weight is 441 g/mol. The molecule has 0 radical (unpaired) electrons. The minimum atomic E-state index is -0.821. The molecule has 2 unspecified atom stereocenters. The Balaban J connectivity index is 1.70. The van der Waals surface area contributed by atoms with Crippen LogP contribution < -0.4 is 15.6 Å². The van der Waals surface area contributed by atoms with Crippen LogP contribution in [0, 0.1) is 13.8 Å². The van der Waals surface area contributed by atoms with Crippen LogP contribution in [0.15, 0.2) is 54.2 Å². The number of likely N-dealkylation sites (N-methyl/N-ethyl adjacent to an activating group) is 1. The fourth-order valence-electron chi connectivity index (χ4n) is 3.29. The van der Waals surface area contributed by atoms with E-state index in [1.54, 1.807) is 11.9 Å². The van der Waals surface area contributed by atoms with Gasteiger partial charge in [0.05, 0.1) is 12.2 Å². The molecule has 0 bridgehead atoms. The molecule has 1 aliphatic heterocycles. The molecule has 0 saturated carbocycles. The Labute approximate surface area is 184 Å². The maximum Gasteiger partial charge on any atom is 0.404 e. The molecule has 2 aromatic carbocycles. The van der Waals surface area contributed by atoms with Crippen LogP contribution in [-0.4, -0.2) is 42.8 Å². The van der Waals surface area contributed by atoms with Gasteiger partial charge in [0.25, 0.3) is 5.91 Å². The van der Waals surface area contributed by atoms with Gasteiger partial charge < -0.3 is 25.2 Å². The lowest BCUT2D eigenvalue weighted by molar-refractivity contribution is -0.117. The lowest BCUT2D eigenvalue weighted by Crippen LogP contribution is -2.36. The summed E-state index contributed by atoms with van der Waals surface area (Å²) in [5, 5.41) is 2.97. The Hall–Kier alpha value is -3.05. The number of nitrogens with zero attached hydrogens (tertiary/aromatic N) is 1. The van der Waals surface area contributed by atoms with Crippen molar-refractivity contribution in [1.82, 2.24) is 9.99 Å². The second-order valence-corrected chi connectivity index (χ2v) is 8.85. The fourth-order valence-corrected chi connectivity index (χ4v) is 4.31. The number of hydrogen-bond acceptors (Lipinski definition) is 5. The number of hydrogen-bond donors (Lipinski definition) is 2. The van der Waals surface area contributed by atoms with Crippen LogP contribution >= 0.6 is 8.73 Å². The summed E-state index contributed by atoms with van der Waals surface area (Å²) in [4.78, 5) is 24.8. The number of aryl methyl sites for hydroxylation is 2. The Kier molecular flexibility index (Phi) is 7.53. The normalized spacial score (nSPS) is 16.4. The van der Waals surface area contributed by atoms with E-state index in [4.69, 9.17) is 15.2 Å². The second kappa shape index (κ2) is 10.3. The maximum absolute atomic E-state index is 12.3. The highest BCUT2D eigenvalue weighted by molar-refractivity contribution is 7.38. The van der Waals surface area contributed by atoms with Crippen molar-refractivity contribution in [2.45, 2.75) is 25.9 Å². The van der Waals surface area contributed by atoms with Crippen LogP contribution in [-0.2, 0) is 16.0 Å². The molecule has 2 atom stereocenters. The molecule has 2 aromatic rings. The summed E-state index contributed by atoms with van der Waals surface area (Å²) in [6, 6.07) is 14.2. The van der Waals surface area contributed by atoms with Crippen LogP contribution in [0.5, 0.6) is 11.5 Å². The average Bonchev–Trinajstić information content (AvgIpc) is 2.71. The quantitative estimate of drug-likeness (QED) is 0.610. The summed E-state index contributed by atoms with van der Waals surface area (Å²) in [6.45, 7) is 4.58. The summed E-state index contributed by atoms with van der Waals surface area (Å²) in [5.74, 6) is 1.52. The standard InChI is InChI=1S/C23H28N3O4P/c1-15-5-4-6-18(11-15)30-21-13-17(8-7-16(21)2)12-19-14-20(22(27)25-31-19)26(3)9-10-29-23(24)28/h4-8,11,13-14,19,31H,9-10,12H2,1-3H3,(H2,24,28)(H,25,27). The van der Waals surface area contributed by atoms with E-state index in [1.807, 2.05) is 44.2 Å². The predicted molar refractivity (Wildman–Crippen MR) is 123 cm³/mol. The molecule has 0 saturated heterocycles. The van der Waals surface area contributed by atoms with Crippen molar-refractivity contribution in [2.75, 3.05) is 20.2 Å². The van der Waals surface area contributed by atoms with Crippen LogP contribution in [0.2, 0.25) is 0 Å². The van der Waals surface area contributed by atoms with E-state index in [1.165, 1.54) is 0 Å². The second-order valence-electron chi connectivity index (χ2n) is 7.57. The zero-order valence-electron chi connectivity index (χ0n) is 18.0. The van der Waals surface area contributed by atoms with E-state index >= 15 is 0 Å². The van der Waals surface area contributed by atoms with Gasteiger partial charge in [-0.2, -0.15) is 0 Å². The fraction of sp³-hybridized carbons (Fsp3) is 0.304. The van der Waals surface area contributed by atoms with E-state index in [9.17, 15) is 9.59 Å². The van der Waals surface area contributed by atoms with E-state index in [0.29, 0.717) is 21.0 Å². The molecule has 3 N–H and O–H groups in total. The first-order valence-corrected chi connectivity index (χ1v) is 11.1. The first kappa shape index (κ1) is 22.6. The number of allylic oxidation sites excluding steroid dienone is 1. The molecule has 0 spiro atoms. The third-order valence-corrected chi connectivity index (χ3v) is 6.08. The van der Waals surface area contributed by atoms with Gasteiger partial charge in [0, 0.05) is 12.7 Å². The topological polar surface area (TPSA) is 93.9 Å². The number of ether oxygens (including phenoxy) is 2. The van der Waals surface area contributed by atoms with Gasteiger partial charge in [-0.15, -0.1) is 0 Å². The highest BCUT2D eigenvalue weighted by Crippen LogP contribution is 2.31. The predicted octanol–water partition coefficient (Wildman–Crippen LogP) is 3.64. The summed E-state index contributed by atoms with van der Waals surface area (Å²) < 4.78 is 10.9. The largest absolute Gasteiger partial charge is 0.457 e. The van der Waals surface area contributed by atoms with Crippen LogP contribution in [0.25, 0.3) is 0 Å². The number of benzene rings is 2. The smallest absolute Gasteiger partial charge is 0.404 e. The third kappa shape index (κ3) is 6.46. The number of rotatable bonds is 8. The summed E-state index contributed by atoms with van der Waals surface area (Å²) in [6.07, 6.45) is 1.94. The van der Waals surface area contributed by atoms with Gasteiger partial charge in [-0.3, -0.25) is 4.79 Å². The molecule has 8 heteroatoms. The Bertz CT molecular complexity index is 993. The van der Waals surface area contributed by atoms with Gasteiger partial charge in [0.2, 0.25) is 0 Å². The van der Waals surface area contributed by atoms with Gasteiger partial charge in [0.1, 0.15) is 18.1 Å². The molecule has 3 rings (SSSR count). The molecule has 0 aromatic heterocycles. The highest BCUT2D eigenvalue weighted by atomic mass is 31.1. The van der Waals surface area contributed by atoms with Gasteiger partial charge in [-0.25, -0.2) is 4.79 Å². The van der Waals surface area contributed by atoms with Crippen molar-refractivity contribution in [3.8, 4) is 11.5 Å². The number of carbonyl (C=O) groups excluding carboxylic acids is 2. The Morgan fingerprint density at radius 3 is 2.77 bits per heavy atom. The molecule has 2 amide bonds. The van der Waals surface area contributed by atoms with E-state index in [-0.39, 0.29) is 18.2 Å². The molecule has 1 aliphatic rings. The van der Waals surface area contributed by atoms with Crippen LogP contribution in [0.3, 0.4) is 0 Å². The third-order valence-electron chi connectivity index (χ3n) is 4.97. The Morgan fingerprint density at radius 1 is 1.23 bits per heavy atom.